The topological polar surface area (TPSA) is 69.0 Å². The van der Waals surface area contributed by atoms with E-state index in [1.165, 1.54) is 6.07 Å². The average molecular weight is 502 g/mol. The van der Waals surface area contributed by atoms with E-state index in [0.717, 1.165) is 42.8 Å². The summed E-state index contributed by atoms with van der Waals surface area (Å²) in [5.41, 5.74) is 2.18. The molecular weight excluding hydrogens is 468 g/mol. The number of ether oxygens (including phenoxy) is 3. The number of benzene rings is 2. The number of hydrogen-bond acceptors (Lipinski definition) is 6. The van der Waals surface area contributed by atoms with Gasteiger partial charge in [-0.1, -0.05) is 18.2 Å². The zero-order valence-electron chi connectivity index (χ0n) is 20.7. The molecule has 0 radical (unpaired) electrons. The molecule has 1 N–H and O–H groups in total. The number of aliphatic hydroxyl groups excluding tert-OH is 1. The van der Waals surface area contributed by atoms with E-state index in [9.17, 15) is 13.9 Å². The zero-order valence-corrected chi connectivity index (χ0v) is 20.7. The van der Waals surface area contributed by atoms with E-state index >= 15 is 0 Å². The lowest BCUT2D eigenvalue weighted by Gasteiger charge is -2.27. The lowest BCUT2D eigenvalue weighted by atomic mass is 10.1. The second kappa shape index (κ2) is 12.4. The Hall–Kier alpha value is -2.85. The van der Waals surface area contributed by atoms with Crippen molar-refractivity contribution in [1.29, 1.82) is 0 Å². The normalized spacial score (nSPS) is 16.6. The predicted molar refractivity (Wildman–Crippen MR) is 131 cm³/mol. The number of nitrogens with zero attached hydrogens (tertiary/aromatic N) is 3. The molecule has 2 atom stereocenters. The Labute approximate surface area is 210 Å². The highest BCUT2D eigenvalue weighted by Gasteiger charge is 2.26. The molecule has 0 spiro atoms. The summed E-state index contributed by atoms with van der Waals surface area (Å²) in [6, 6.07) is 12.6. The van der Waals surface area contributed by atoms with E-state index in [1.54, 1.807) is 4.68 Å². The smallest absolute Gasteiger partial charge is 0.227 e. The van der Waals surface area contributed by atoms with Gasteiger partial charge in [0.2, 0.25) is 5.88 Å². The van der Waals surface area contributed by atoms with E-state index in [-0.39, 0.29) is 18.5 Å². The van der Waals surface area contributed by atoms with Gasteiger partial charge in [0.15, 0.2) is 11.6 Å². The molecule has 0 aliphatic carbocycles. The van der Waals surface area contributed by atoms with Gasteiger partial charge in [0.05, 0.1) is 35.8 Å². The molecule has 1 fully saturated rings. The lowest BCUT2D eigenvalue weighted by molar-refractivity contribution is 0.00497. The standard InChI is InChI=1S/C27H33F2N3O4/c1-3-34-18-22(33)15-31(16-23-10-7-13-35-23)17-24-19(2)30-32(21-8-5-4-6-9-21)27(24)36-26-12-11-20(28)14-25(26)29/h4-6,8-9,11-12,14,22-23,33H,3,7,10,13,15-18H2,1-2H3/t22-,23+/m1/s1. The highest BCUT2D eigenvalue weighted by molar-refractivity contribution is 5.43. The van der Waals surface area contributed by atoms with Crippen molar-refractivity contribution in [2.24, 2.45) is 0 Å². The van der Waals surface area contributed by atoms with Crippen molar-refractivity contribution in [2.75, 3.05) is 32.9 Å². The van der Waals surface area contributed by atoms with Crippen LogP contribution in [0.15, 0.2) is 48.5 Å². The Balaban J connectivity index is 1.68. The molecule has 0 amide bonds. The van der Waals surface area contributed by atoms with Gasteiger partial charge >= 0.3 is 0 Å². The number of halogens is 2. The Kier molecular flexibility index (Phi) is 9.03. The summed E-state index contributed by atoms with van der Waals surface area (Å²) in [6.45, 7) is 6.59. The van der Waals surface area contributed by atoms with Gasteiger partial charge in [-0.05, 0) is 51.0 Å². The minimum absolute atomic E-state index is 0.0627. The van der Waals surface area contributed by atoms with Crippen molar-refractivity contribution in [3.05, 3.63) is 71.4 Å². The molecule has 1 saturated heterocycles. The van der Waals surface area contributed by atoms with E-state index in [2.05, 4.69) is 10.00 Å². The van der Waals surface area contributed by atoms with Crippen LogP contribution in [0.4, 0.5) is 8.78 Å². The van der Waals surface area contributed by atoms with Crippen LogP contribution in [0.2, 0.25) is 0 Å². The van der Waals surface area contributed by atoms with Crippen LogP contribution in [0.25, 0.3) is 5.69 Å². The number of aliphatic hydroxyl groups is 1. The van der Waals surface area contributed by atoms with Crippen molar-refractivity contribution < 1.29 is 28.1 Å². The van der Waals surface area contributed by atoms with E-state index in [0.29, 0.717) is 37.8 Å². The maximum atomic E-state index is 14.6. The van der Waals surface area contributed by atoms with Crippen molar-refractivity contribution in [3.63, 3.8) is 0 Å². The Morgan fingerprint density at radius 2 is 2.03 bits per heavy atom. The molecule has 1 aromatic heterocycles. The number of para-hydroxylation sites is 1. The predicted octanol–water partition coefficient (Wildman–Crippen LogP) is 4.63. The monoisotopic (exact) mass is 501 g/mol. The van der Waals surface area contributed by atoms with Crippen LogP contribution in [0.1, 0.15) is 31.0 Å². The van der Waals surface area contributed by atoms with Crippen molar-refractivity contribution >= 4 is 0 Å². The fourth-order valence-corrected chi connectivity index (χ4v) is 4.34. The molecule has 0 bridgehead atoms. The third-order valence-electron chi connectivity index (χ3n) is 6.09. The summed E-state index contributed by atoms with van der Waals surface area (Å²) in [4.78, 5) is 2.09. The van der Waals surface area contributed by atoms with E-state index in [1.807, 2.05) is 44.2 Å². The molecule has 7 nitrogen and oxygen atoms in total. The summed E-state index contributed by atoms with van der Waals surface area (Å²) in [6.07, 6.45) is 1.33. The highest BCUT2D eigenvalue weighted by Crippen LogP contribution is 2.33. The van der Waals surface area contributed by atoms with Gasteiger partial charge in [0.25, 0.3) is 0 Å². The molecule has 0 saturated carbocycles. The van der Waals surface area contributed by atoms with Crippen LogP contribution in [0, 0.1) is 18.6 Å². The molecule has 1 aliphatic heterocycles. The second-order valence-electron chi connectivity index (χ2n) is 8.94. The van der Waals surface area contributed by atoms with Crippen molar-refractivity contribution in [2.45, 2.75) is 45.4 Å². The molecule has 9 heteroatoms. The third kappa shape index (κ3) is 6.67. The molecule has 0 unspecified atom stereocenters. The van der Waals surface area contributed by atoms with Gasteiger partial charge in [-0.15, -0.1) is 0 Å². The lowest BCUT2D eigenvalue weighted by Crippen LogP contribution is -2.39. The fourth-order valence-electron chi connectivity index (χ4n) is 4.34. The molecule has 2 aromatic carbocycles. The Bertz CT molecular complexity index is 1120. The molecule has 1 aliphatic rings. The minimum atomic E-state index is -0.803. The van der Waals surface area contributed by atoms with E-state index in [4.69, 9.17) is 14.2 Å². The fraction of sp³-hybridized carbons (Fsp3) is 0.444. The second-order valence-corrected chi connectivity index (χ2v) is 8.94. The Morgan fingerprint density at radius 3 is 2.72 bits per heavy atom. The van der Waals surface area contributed by atoms with Gasteiger partial charge < -0.3 is 19.3 Å². The first-order chi connectivity index (χ1) is 17.4. The first-order valence-electron chi connectivity index (χ1n) is 12.3. The third-order valence-corrected chi connectivity index (χ3v) is 6.09. The molecule has 2 heterocycles. The van der Waals surface area contributed by atoms with Crippen LogP contribution in [-0.2, 0) is 16.0 Å². The quantitative estimate of drug-likeness (QED) is 0.390. The number of rotatable bonds is 12. The molecule has 4 rings (SSSR count). The molecule has 194 valence electrons. The molecule has 36 heavy (non-hydrogen) atoms. The van der Waals surface area contributed by atoms with Crippen LogP contribution in [-0.4, -0.2) is 64.9 Å². The van der Waals surface area contributed by atoms with Crippen LogP contribution in [0.3, 0.4) is 0 Å². The highest BCUT2D eigenvalue weighted by atomic mass is 19.1. The number of aryl methyl sites for hydroxylation is 1. The number of hydrogen-bond donors (Lipinski definition) is 1. The SMILES string of the molecule is CCOC[C@H](O)CN(Cc1c(C)nn(-c2ccccc2)c1Oc1ccc(F)cc1F)C[C@@H]1CCCO1. The molecule has 3 aromatic rings. The van der Waals surface area contributed by atoms with Crippen LogP contribution >= 0.6 is 0 Å². The Morgan fingerprint density at radius 1 is 1.22 bits per heavy atom. The summed E-state index contributed by atoms with van der Waals surface area (Å²) < 4.78 is 47.0. The maximum Gasteiger partial charge on any atom is 0.227 e. The average Bonchev–Trinajstić information content (AvgIpc) is 3.48. The van der Waals surface area contributed by atoms with Gasteiger partial charge in [-0.25, -0.2) is 13.5 Å². The summed E-state index contributed by atoms with van der Waals surface area (Å²) in [7, 11) is 0. The first kappa shape index (κ1) is 26.2. The summed E-state index contributed by atoms with van der Waals surface area (Å²) in [5, 5.41) is 15.3. The zero-order chi connectivity index (χ0) is 25.5. The van der Waals surface area contributed by atoms with Crippen LogP contribution < -0.4 is 4.74 Å². The van der Waals surface area contributed by atoms with Crippen molar-refractivity contribution in [3.8, 4) is 17.3 Å². The summed E-state index contributed by atoms with van der Waals surface area (Å²) >= 11 is 0. The molecular formula is C27H33F2N3O4. The van der Waals surface area contributed by atoms with Gasteiger partial charge in [-0.3, -0.25) is 4.90 Å². The first-order valence-corrected chi connectivity index (χ1v) is 12.3. The van der Waals surface area contributed by atoms with Gasteiger partial charge in [0.1, 0.15) is 5.82 Å². The largest absolute Gasteiger partial charge is 0.435 e. The van der Waals surface area contributed by atoms with E-state index < -0.39 is 17.7 Å². The van der Waals surface area contributed by atoms with Crippen LogP contribution in [0.5, 0.6) is 11.6 Å². The number of aromatic nitrogens is 2. The summed E-state index contributed by atoms with van der Waals surface area (Å²) in [5.74, 6) is -1.25. The van der Waals surface area contributed by atoms with Gasteiger partial charge in [0, 0.05) is 38.9 Å². The van der Waals surface area contributed by atoms with Crippen molar-refractivity contribution in [1.82, 2.24) is 14.7 Å². The minimum Gasteiger partial charge on any atom is -0.435 e. The van der Waals surface area contributed by atoms with Gasteiger partial charge in [-0.2, -0.15) is 5.10 Å². The maximum absolute atomic E-state index is 14.6.